The minimum Gasteiger partial charge on any atom is -0.378 e. The predicted molar refractivity (Wildman–Crippen MR) is 72.6 cm³/mol. The molecule has 2 unspecified atom stereocenters. The van der Waals surface area contributed by atoms with E-state index in [9.17, 15) is 0 Å². The van der Waals surface area contributed by atoms with Crippen LogP contribution in [0.2, 0.25) is 0 Å². The van der Waals surface area contributed by atoms with E-state index in [2.05, 4.69) is 23.5 Å². The average Bonchev–Trinajstić information content (AvgIpc) is 2.76. The third kappa shape index (κ3) is 4.10. The van der Waals surface area contributed by atoms with Crippen molar-refractivity contribution in [1.82, 2.24) is 15.1 Å². The second-order valence-electron chi connectivity index (χ2n) is 5.23. The van der Waals surface area contributed by atoms with Gasteiger partial charge in [0.15, 0.2) is 0 Å². The van der Waals surface area contributed by atoms with Gasteiger partial charge in [0.05, 0.1) is 12.3 Å². The van der Waals surface area contributed by atoms with Crippen LogP contribution < -0.4 is 5.32 Å². The van der Waals surface area contributed by atoms with Crippen LogP contribution in [0, 0.1) is 0 Å². The molecule has 2 heterocycles. The van der Waals surface area contributed by atoms with Crippen molar-refractivity contribution in [3.63, 3.8) is 0 Å². The molecule has 0 saturated carbocycles. The van der Waals surface area contributed by atoms with Gasteiger partial charge in [0.2, 0.25) is 0 Å². The second kappa shape index (κ2) is 6.90. The lowest BCUT2D eigenvalue weighted by atomic mass is 10.00. The van der Waals surface area contributed by atoms with Gasteiger partial charge in [-0.3, -0.25) is 4.68 Å². The topological polar surface area (TPSA) is 39.1 Å². The SMILES string of the molecule is CCCC1CC(NCCc2cnn(C)c2)CCO1. The zero-order chi connectivity index (χ0) is 12.8. The van der Waals surface area contributed by atoms with E-state index in [0.29, 0.717) is 12.1 Å². The van der Waals surface area contributed by atoms with E-state index in [-0.39, 0.29) is 0 Å². The molecule has 4 heteroatoms. The summed E-state index contributed by atoms with van der Waals surface area (Å²) >= 11 is 0. The van der Waals surface area contributed by atoms with Gasteiger partial charge in [-0.05, 0) is 37.8 Å². The number of hydrogen-bond acceptors (Lipinski definition) is 3. The van der Waals surface area contributed by atoms with Crippen LogP contribution in [-0.2, 0) is 18.2 Å². The lowest BCUT2D eigenvalue weighted by Gasteiger charge is -2.30. The van der Waals surface area contributed by atoms with Crippen molar-refractivity contribution >= 4 is 0 Å². The number of rotatable bonds is 6. The first-order chi connectivity index (χ1) is 8.78. The molecule has 102 valence electrons. The summed E-state index contributed by atoms with van der Waals surface area (Å²) < 4.78 is 7.63. The molecule has 1 fully saturated rings. The molecule has 2 atom stereocenters. The first kappa shape index (κ1) is 13.6. The third-order valence-electron chi connectivity index (χ3n) is 3.58. The van der Waals surface area contributed by atoms with Crippen LogP contribution >= 0.6 is 0 Å². The summed E-state index contributed by atoms with van der Waals surface area (Å²) in [6.45, 7) is 4.17. The number of ether oxygens (including phenoxy) is 1. The van der Waals surface area contributed by atoms with Crippen LogP contribution in [0.3, 0.4) is 0 Å². The van der Waals surface area contributed by atoms with Crippen molar-refractivity contribution in [1.29, 1.82) is 0 Å². The Bertz CT molecular complexity index is 349. The average molecular weight is 251 g/mol. The number of nitrogens with zero attached hydrogens (tertiary/aromatic N) is 2. The summed E-state index contributed by atoms with van der Waals surface area (Å²) in [7, 11) is 1.96. The quantitative estimate of drug-likeness (QED) is 0.839. The summed E-state index contributed by atoms with van der Waals surface area (Å²) in [5, 5.41) is 7.84. The van der Waals surface area contributed by atoms with E-state index in [1.54, 1.807) is 0 Å². The minimum absolute atomic E-state index is 0.472. The maximum atomic E-state index is 5.76. The molecular formula is C14H25N3O. The molecule has 1 aliphatic rings. The Hall–Kier alpha value is -0.870. The molecule has 1 N–H and O–H groups in total. The Morgan fingerprint density at radius 3 is 3.17 bits per heavy atom. The fourth-order valence-corrected chi connectivity index (χ4v) is 2.61. The summed E-state index contributed by atoms with van der Waals surface area (Å²) in [4.78, 5) is 0. The lowest BCUT2D eigenvalue weighted by Crippen LogP contribution is -2.39. The Kier molecular flexibility index (Phi) is 5.20. The fraction of sp³-hybridized carbons (Fsp3) is 0.786. The highest BCUT2D eigenvalue weighted by Crippen LogP contribution is 2.17. The van der Waals surface area contributed by atoms with E-state index in [1.165, 1.54) is 24.8 Å². The zero-order valence-electron chi connectivity index (χ0n) is 11.6. The van der Waals surface area contributed by atoms with E-state index in [1.807, 2.05) is 17.9 Å². The van der Waals surface area contributed by atoms with Crippen LogP contribution in [0.4, 0.5) is 0 Å². The normalized spacial score (nSPS) is 24.3. The van der Waals surface area contributed by atoms with E-state index in [4.69, 9.17) is 4.74 Å². The maximum Gasteiger partial charge on any atom is 0.0589 e. The second-order valence-corrected chi connectivity index (χ2v) is 5.23. The summed E-state index contributed by atoms with van der Waals surface area (Å²) in [6.07, 6.45) is 10.3. The first-order valence-corrected chi connectivity index (χ1v) is 7.10. The molecule has 1 saturated heterocycles. The van der Waals surface area contributed by atoms with Gasteiger partial charge in [-0.25, -0.2) is 0 Å². The van der Waals surface area contributed by atoms with Crippen molar-refractivity contribution in [3.05, 3.63) is 18.0 Å². The smallest absolute Gasteiger partial charge is 0.0589 e. The molecular weight excluding hydrogens is 226 g/mol. The monoisotopic (exact) mass is 251 g/mol. The van der Waals surface area contributed by atoms with Crippen LogP contribution in [0.25, 0.3) is 0 Å². The number of nitrogens with one attached hydrogen (secondary N) is 1. The van der Waals surface area contributed by atoms with E-state index >= 15 is 0 Å². The summed E-state index contributed by atoms with van der Waals surface area (Å²) in [5.74, 6) is 0. The molecule has 0 amide bonds. The molecule has 0 spiro atoms. The van der Waals surface area contributed by atoms with Crippen LogP contribution in [0.15, 0.2) is 12.4 Å². The van der Waals surface area contributed by atoms with Gasteiger partial charge in [-0.15, -0.1) is 0 Å². The largest absolute Gasteiger partial charge is 0.378 e. The van der Waals surface area contributed by atoms with E-state index in [0.717, 1.165) is 26.0 Å². The van der Waals surface area contributed by atoms with Gasteiger partial charge in [0, 0.05) is 25.9 Å². The van der Waals surface area contributed by atoms with Crippen LogP contribution in [0.1, 0.15) is 38.2 Å². The summed E-state index contributed by atoms with van der Waals surface area (Å²) in [6, 6.07) is 0.631. The Balaban J connectivity index is 1.66. The fourth-order valence-electron chi connectivity index (χ4n) is 2.61. The van der Waals surface area contributed by atoms with Crippen molar-refractivity contribution in [2.75, 3.05) is 13.2 Å². The van der Waals surface area contributed by atoms with Crippen molar-refractivity contribution in [2.24, 2.45) is 7.05 Å². The highest BCUT2D eigenvalue weighted by atomic mass is 16.5. The number of aryl methyl sites for hydroxylation is 1. The Labute approximate surface area is 110 Å². The minimum atomic E-state index is 0.472. The molecule has 4 nitrogen and oxygen atoms in total. The van der Waals surface area contributed by atoms with E-state index < -0.39 is 0 Å². The molecule has 0 aromatic carbocycles. The van der Waals surface area contributed by atoms with Crippen LogP contribution in [0.5, 0.6) is 0 Å². The highest BCUT2D eigenvalue weighted by molar-refractivity contribution is 5.03. The van der Waals surface area contributed by atoms with Crippen molar-refractivity contribution in [3.8, 4) is 0 Å². The van der Waals surface area contributed by atoms with Gasteiger partial charge in [0.25, 0.3) is 0 Å². The molecule has 0 aliphatic carbocycles. The van der Waals surface area contributed by atoms with Gasteiger partial charge in [0.1, 0.15) is 0 Å². The molecule has 1 aromatic rings. The predicted octanol–water partition coefficient (Wildman–Crippen LogP) is 1.90. The lowest BCUT2D eigenvalue weighted by molar-refractivity contribution is -0.00300. The molecule has 2 rings (SSSR count). The standard InChI is InChI=1S/C14H25N3O/c1-3-4-14-9-13(6-8-18-14)15-7-5-12-10-16-17(2)11-12/h10-11,13-15H,3-9H2,1-2H3. The first-order valence-electron chi connectivity index (χ1n) is 7.10. The van der Waals surface area contributed by atoms with Crippen LogP contribution in [-0.4, -0.2) is 35.1 Å². The van der Waals surface area contributed by atoms with Gasteiger partial charge >= 0.3 is 0 Å². The highest BCUT2D eigenvalue weighted by Gasteiger charge is 2.21. The van der Waals surface area contributed by atoms with Crippen molar-refractivity contribution < 1.29 is 4.74 Å². The van der Waals surface area contributed by atoms with Gasteiger partial charge in [-0.2, -0.15) is 5.10 Å². The summed E-state index contributed by atoms with van der Waals surface area (Å²) in [5.41, 5.74) is 1.31. The van der Waals surface area contributed by atoms with Gasteiger partial charge in [-0.1, -0.05) is 13.3 Å². The van der Waals surface area contributed by atoms with Gasteiger partial charge < -0.3 is 10.1 Å². The Morgan fingerprint density at radius 1 is 1.56 bits per heavy atom. The Morgan fingerprint density at radius 2 is 2.44 bits per heavy atom. The molecule has 0 radical (unpaired) electrons. The molecule has 1 aliphatic heterocycles. The molecule has 18 heavy (non-hydrogen) atoms. The third-order valence-corrected chi connectivity index (χ3v) is 3.58. The maximum absolute atomic E-state index is 5.76. The number of hydrogen-bond donors (Lipinski definition) is 1. The van der Waals surface area contributed by atoms with Crippen molar-refractivity contribution in [2.45, 2.75) is 51.2 Å². The zero-order valence-corrected chi connectivity index (χ0v) is 11.6. The molecule has 1 aromatic heterocycles. The number of aromatic nitrogens is 2. The molecule has 0 bridgehead atoms.